The fraction of sp³-hybridized carbons (Fsp3) is 0.286. The maximum atomic E-state index is 11.6. The first-order chi connectivity index (χ1) is 9.29. The molecule has 0 aromatic carbocycles. The standard InChI is InChI=1S/C14H17N3O2/c1-19-9-8-17-11-13(2-3-14(17)18)16-10-12-4-6-15-7-5-12/h2-7,11,16H,8-10H2,1H3. The van der Waals surface area contributed by atoms with Gasteiger partial charge in [0.25, 0.3) is 5.56 Å². The quantitative estimate of drug-likeness (QED) is 0.854. The molecule has 2 rings (SSSR count). The number of ether oxygens (including phenoxy) is 1. The van der Waals surface area contributed by atoms with Crippen LogP contribution in [0.2, 0.25) is 0 Å². The maximum absolute atomic E-state index is 11.6. The average molecular weight is 259 g/mol. The Hall–Kier alpha value is -2.14. The zero-order valence-electron chi connectivity index (χ0n) is 10.9. The summed E-state index contributed by atoms with van der Waals surface area (Å²) in [6.45, 7) is 1.78. The minimum absolute atomic E-state index is 0.0217. The van der Waals surface area contributed by atoms with Crippen LogP contribution in [-0.4, -0.2) is 23.3 Å². The van der Waals surface area contributed by atoms with E-state index in [1.54, 1.807) is 36.2 Å². The summed E-state index contributed by atoms with van der Waals surface area (Å²) in [7, 11) is 1.62. The van der Waals surface area contributed by atoms with Crippen LogP contribution < -0.4 is 10.9 Å². The van der Waals surface area contributed by atoms with Crippen molar-refractivity contribution in [2.75, 3.05) is 19.0 Å². The Morgan fingerprint density at radius 2 is 2.05 bits per heavy atom. The van der Waals surface area contributed by atoms with Gasteiger partial charge in [-0.15, -0.1) is 0 Å². The minimum Gasteiger partial charge on any atom is -0.383 e. The highest BCUT2D eigenvalue weighted by atomic mass is 16.5. The van der Waals surface area contributed by atoms with Crippen LogP contribution in [0.25, 0.3) is 0 Å². The number of anilines is 1. The van der Waals surface area contributed by atoms with Crippen molar-refractivity contribution in [3.63, 3.8) is 0 Å². The van der Waals surface area contributed by atoms with Crippen LogP contribution in [0.3, 0.4) is 0 Å². The van der Waals surface area contributed by atoms with Crippen molar-refractivity contribution >= 4 is 5.69 Å². The third kappa shape index (κ3) is 3.93. The molecule has 0 aliphatic rings. The van der Waals surface area contributed by atoms with Gasteiger partial charge in [0, 0.05) is 44.9 Å². The molecule has 0 unspecified atom stereocenters. The third-order valence-corrected chi connectivity index (χ3v) is 2.77. The number of nitrogens with one attached hydrogen (secondary N) is 1. The van der Waals surface area contributed by atoms with Gasteiger partial charge in [-0.05, 0) is 23.8 Å². The van der Waals surface area contributed by atoms with E-state index in [-0.39, 0.29) is 5.56 Å². The molecule has 0 amide bonds. The summed E-state index contributed by atoms with van der Waals surface area (Å²) < 4.78 is 6.62. The lowest BCUT2D eigenvalue weighted by molar-refractivity contribution is 0.186. The van der Waals surface area contributed by atoms with E-state index in [4.69, 9.17) is 4.74 Å². The van der Waals surface area contributed by atoms with Crippen molar-refractivity contribution < 1.29 is 4.74 Å². The lowest BCUT2D eigenvalue weighted by Gasteiger charge is -2.10. The largest absolute Gasteiger partial charge is 0.383 e. The fourth-order valence-corrected chi connectivity index (χ4v) is 1.71. The monoisotopic (exact) mass is 259 g/mol. The van der Waals surface area contributed by atoms with Crippen molar-refractivity contribution in [2.24, 2.45) is 0 Å². The Bertz CT molecular complexity index is 566. The first kappa shape index (κ1) is 13.3. The van der Waals surface area contributed by atoms with Gasteiger partial charge in [0.15, 0.2) is 0 Å². The molecule has 0 radical (unpaired) electrons. The van der Waals surface area contributed by atoms with Gasteiger partial charge < -0.3 is 14.6 Å². The van der Waals surface area contributed by atoms with Crippen LogP contribution in [0.4, 0.5) is 5.69 Å². The second-order valence-corrected chi connectivity index (χ2v) is 4.15. The zero-order chi connectivity index (χ0) is 13.5. The lowest BCUT2D eigenvalue weighted by Crippen LogP contribution is -2.21. The SMILES string of the molecule is COCCn1cc(NCc2ccncc2)ccc1=O. The van der Waals surface area contributed by atoms with Crippen LogP contribution >= 0.6 is 0 Å². The highest BCUT2D eigenvalue weighted by Crippen LogP contribution is 2.06. The molecule has 2 heterocycles. The summed E-state index contributed by atoms with van der Waals surface area (Å²) in [5.41, 5.74) is 2.03. The Labute approximate surface area is 111 Å². The van der Waals surface area contributed by atoms with E-state index in [9.17, 15) is 4.79 Å². The van der Waals surface area contributed by atoms with Crippen molar-refractivity contribution in [3.05, 3.63) is 58.8 Å². The van der Waals surface area contributed by atoms with Crippen LogP contribution in [0.5, 0.6) is 0 Å². The Balaban J connectivity index is 2.02. The van der Waals surface area contributed by atoms with Gasteiger partial charge in [0.05, 0.1) is 12.3 Å². The summed E-state index contributed by atoms with van der Waals surface area (Å²) in [4.78, 5) is 15.6. The molecule has 0 saturated carbocycles. The summed E-state index contributed by atoms with van der Waals surface area (Å²) >= 11 is 0. The molecule has 0 atom stereocenters. The van der Waals surface area contributed by atoms with Crippen molar-refractivity contribution in [1.29, 1.82) is 0 Å². The first-order valence-corrected chi connectivity index (χ1v) is 6.12. The Morgan fingerprint density at radius 3 is 2.79 bits per heavy atom. The molecule has 0 spiro atoms. The van der Waals surface area contributed by atoms with E-state index in [2.05, 4.69) is 10.3 Å². The topological polar surface area (TPSA) is 56.1 Å². The predicted molar refractivity (Wildman–Crippen MR) is 74.1 cm³/mol. The molecule has 2 aromatic heterocycles. The molecule has 100 valence electrons. The van der Waals surface area contributed by atoms with Crippen LogP contribution in [0, 0.1) is 0 Å². The van der Waals surface area contributed by atoms with Gasteiger partial charge in [-0.1, -0.05) is 0 Å². The van der Waals surface area contributed by atoms with Gasteiger partial charge >= 0.3 is 0 Å². The summed E-state index contributed by atoms with van der Waals surface area (Å²) in [5.74, 6) is 0. The Kier molecular flexibility index (Phi) is 4.69. The Morgan fingerprint density at radius 1 is 1.26 bits per heavy atom. The molecule has 0 saturated heterocycles. The number of hydrogen-bond acceptors (Lipinski definition) is 4. The number of pyridine rings is 2. The molecule has 19 heavy (non-hydrogen) atoms. The second-order valence-electron chi connectivity index (χ2n) is 4.15. The molecular formula is C14H17N3O2. The zero-order valence-corrected chi connectivity index (χ0v) is 10.9. The highest BCUT2D eigenvalue weighted by molar-refractivity contribution is 5.40. The number of methoxy groups -OCH3 is 1. The maximum Gasteiger partial charge on any atom is 0.250 e. The lowest BCUT2D eigenvalue weighted by atomic mass is 10.2. The van der Waals surface area contributed by atoms with Crippen molar-refractivity contribution in [3.8, 4) is 0 Å². The third-order valence-electron chi connectivity index (χ3n) is 2.77. The predicted octanol–water partition coefficient (Wildman–Crippen LogP) is 1.50. The molecule has 0 aliphatic heterocycles. The van der Waals surface area contributed by atoms with E-state index in [0.717, 1.165) is 11.3 Å². The summed E-state index contributed by atoms with van der Waals surface area (Å²) in [6.07, 6.45) is 5.33. The van der Waals surface area contributed by atoms with Crippen LogP contribution in [0.15, 0.2) is 47.7 Å². The first-order valence-electron chi connectivity index (χ1n) is 6.12. The average Bonchev–Trinajstić information content (AvgIpc) is 2.46. The summed E-state index contributed by atoms with van der Waals surface area (Å²) in [5, 5.41) is 3.28. The molecule has 5 nitrogen and oxygen atoms in total. The van der Waals surface area contributed by atoms with Crippen molar-refractivity contribution in [1.82, 2.24) is 9.55 Å². The van der Waals surface area contributed by atoms with Gasteiger partial charge in [-0.3, -0.25) is 9.78 Å². The second kappa shape index (κ2) is 6.70. The smallest absolute Gasteiger partial charge is 0.250 e. The van der Waals surface area contributed by atoms with Crippen LogP contribution in [0.1, 0.15) is 5.56 Å². The van der Waals surface area contributed by atoms with E-state index in [1.165, 1.54) is 0 Å². The van der Waals surface area contributed by atoms with Crippen LogP contribution in [-0.2, 0) is 17.8 Å². The van der Waals surface area contributed by atoms with Gasteiger partial charge in [-0.25, -0.2) is 0 Å². The normalized spacial score (nSPS) is 10.4. The summed E-state index contributed by atoms with van der Waals surface area (Å²) in [6, 6.07) is 7.25. The minimum atomic E-state index is -0.0217. The van der Waals surface area contributed by atoms with Gasteiger partial charge in [0.2, 0.25) is 0 Å². The fourth-order valence-electron chi connectivity index (χ4n) is 1.71. The molecule has 5 heteroatoms. The van der Waals surface area contributed by atoms with E-state index in [1.807, 2.05) is 18.3 Å². The molecular weight excluding hydrogens is 242 g/mol. The molecule has 0 bridgehead atoms. The molecule has 1 N–H and O–H groups in total. The van der Waals surface area contributed by atoms with Gasteiger partial charge in [0.1, 0.15) is 0 Å². The molecule has 2 aromatic rings. The number of nitrogens with zero attached hydrogens (tertiary/aromatic N) is 2. The number of hydrogen-bond donors (Lipinski definition) is 1. The molecule has 0 fully saturated rings. The highest BCUT2D eigenvalue weighted by Gasteiger charge is 1.99. The van der Waals surface area contributed by atoms with E-state index >= 15 is 0 Å². The number of aromatic nitrogens is 2. The molecule has 0 aliphatic carbocycles. The van der Waals surface area contributed by atoms with Gasteiger partial charge in [-0.2, -0.15) is 0 Å². The number of rotatable bonds is 6. The van der Waals surface area contributed by atoms with Crippen molar-refractivity contribution in [2.45, 2.75) is 13.1 Å². The van der Waals surface area contributed by atoms with E-state index < -0.39 is 0 Å². The van der Waals surface area contributed by atoms with E-state index in [0.29, 0.717) is 19.7 Å².